The number of rotatable bonds is 4. The average molecular weight is 343 g/mol. The second kappa shape index (κ2) is 7.69. The zero-order valence-corrected chi connectivity index (χ0v) is 14.6. The van der Waals surface area contributed by atoms with Gasteiger partial charge in [0.05, 0.1) is 17.2 Å². The first-order chi connectivity index (χ1) is 11.8. The summed E-state index contributed by atoms with van der Waals surface area (Å²) in [4.78, 5) is 32.1. The highest BCUT2D eigenvalue weighted by atomic mass is 16.6. The standard InChI is InChI=1S/C17H21N5O3/c1-11(21-16(24)25-17(2,3)4)15(23)22-20-10-12-6-5-7-13-14(12)19-9-8-18-13/h5-11H,1-4H3,(H,21,24)(H,22,23)/b20-10-/t11-/m0/s1. The minimum Gasteiger partial charge on any atom is -0.444 e. The number of ether oxygens (including phenoxy) is 1. The van der Waals surface area contributed by atoms with E-state index < -0.39 is 23.6 Å². The molecule has 1 aromatic heterocycles. The van der Waals surface area contributed by atoms with Crippen LogP contribution in [0.4, 0.5) is 4.79 Å². The molecule has 0 bridgehead atoms. The average Bonchev–Trinajstić information content (AvgIpc) is 2.53. The number of aromatic nitrogens is 2. The molecule has 2 N–H and O–H groups in total. The van der Waals surface area contributed by atoms with E-state index in [1.807, 2.05) is 18.2 Å². The Morgan fingerprint density at radius 2 is 1.96 bits per heavy atom. The first-order valence-corrected chi connectivity index (χ1v) is 7.78. The Kier molecular flexibility index (Phi) is 5.63. The van der Waals surface area contributed by atoms with Gasteiger partial charge < -0.3 is 10.1 Å². The predicted octanol–water partition coefficient (Wildman–Crippen LogP) is 1.99. The Bertz CT molecular complexity index is 793. The lowest BCUT2D eigenvalue weighted by Crippen LogP contribution is -2.45. The lowest BCUT2D eigenvalue weighted by Gasteiger charge is -2.21. The van der Waals surface area contributed by atoms with Gasteiger partial charge in [0.25, 0.3) is 5.91 Å². The van der Waals surface area contributed by atoms with Crippen molar-refractivity contribution in [2.75, 3.05) is 0 Å². The largest absolute Gasteiger partial charge is 0.444 e. The molecule has 2 aromatic rings. The summed E-state index contributed by atoms with van der Waals surface area (Å²) in [5, 5.41) is 6.36. The van der Waals surface area contributed by atoms with E-state index in [2.05, 4.69) is 25.8 Å². The molecule has 1 heterocycles. The zero-order chi connectivity index (χ0) is 18.4. The van der Waals surface area contributed by atoms with Crippen molar-refractivity contribution in [3.05, 3.63) is 36.2 Å². The summed E-state index contributed by atoms with van der Waals surface area (Å²) in [7, 11) is 0. The third-order valence-corrected chi connectivity index (χ3v) is 3.03. The fraction of sp³-hybridized carbons (Fsp3) is 0.353. The molecule has 0 aliphatic rings. The van der Waals surface area contributed by atoms with E-state index in [1.54, 1.807) is 33.2 Å². The quantitative estimate of drug-likeness (QED) is 0.652. The molecule has 1 aromatic carbocycles. The molecule has 8 nitrogen and oxygen atoms in total. The third-order valence-electron chi connectivity index (χ3n) is 3.03. The van der Waals surface area contributed by atoms with Crippen LogP contribution in [0, 0.1) is 0 Å². The van der Waals surface area contributed by atoms with Gasteiger partial charge in [0, 0.05) is 18.0 Å². The van der Waals surface area contributed by atoms with Crippen molar-refractivity contribution < 1.29 is 14.3 Å². The number of carbonyl (C=O) groups excluding carboxylic acids is 2. The predicted molar refractivity (Wildman–Crippen MR) is 94.1 cm³/mol. The number of nitrogens with one attached hydrogen (secondary N) is 2. The van der Waals surface area contributed by atoms with Gasteiger partial charge in [0.2, 0.25) is 0 Å². The molecule has 132 valence electrons. The van der Waals surface area contributed by atoms with E-state index >= 15 is 0 Å². The highest BCUT2D eigenvalue weighted by Gasteiger charge is 2.20. The van der Waals surface area contributed by atoms with Gasteiger partial charge in [-0.2, -0.15) is 5.10 Å². The number of carbonyl (C=O) groups is 2. The lowest BCUT2D eigenvalue weighted by molar-refractivity contribution is -0.122. The summed E-state index contributed by atoms with van der Waals surface area (Å²) in [5.74, 6) is -0.464. The van der Waals surface area contributed by atoms with Crippen molar-refractivity contribution in [1.82, 2.24) is 20.7 Å². The summed E-state index contributed by atoms with van der Waals surface area (Å²) in [6.45, 7) is 6.77. The van der Waals surface area contributed by atoms with Crippen LogP contribution in [0.25, 0.3) is 11.0 Å². The van der Waals surface area contributed by atoms with E-state index in [4.69, 9.17) is 4.74 Å². The maximum atomic E-state index is 12.0. The number of alkyl carbamates (subject to hydrolysis) is 1. The molecule has 8 heteroatoms. The van der Waals surface area contributed by atoms with Crippen molar-refractivity contribution in [2.24, 2.45) is 5.10 Å². The molecule has 0 saturated carbocycles. The molecule has 1 atom stereocenters. The summed E-state index contributed by atoms with van der Waals surface area (Å²) in [6, 6.07) is 4.69. The molecular formula is C17H21N5O3. The monoisotopic (exact) mass is 343 g/mol. The molecule has 0 spiro atoms. The second-order valence-electron chi connectivity index (χ2n) is 6.37. The smallest absolute Gasteiger partial charge is 0.408 e. The third kappa shape index (κ3) is 5.52. The molecular weight excluding hydrogens is 322 g/mol. The minimum atomic E-state index is -0.792. The van der Waals surface area contributed by atoms with E-state index in [0.29, 0.717) is 5.52 Å². The van der Waals surface area contributed by atoms with Crippen molar-refractivity contribution >= 4 is 29.2 Å². The number of hydrogen-bond donors (Lipinski definition) is 2. The zero-order valence-electron chi connectivity index (χ0n) is 14.6. The highest BCUT2D eigenvalue weighted by Crippen LogP contribution is 2.11. The van der Waals surface area contributed by atoms with Gasteiger partial charge in [-0.25, -0.2) is 10.2 Å². The van der Waals surface area contributed by atoms with Crippen LogP contribution in [0.1, 0.15) is 33.3 Å². The van der Waals surface area contributed by atoms with Gasteiger partial charge in [-0.1, -0.05) is 12.1 Å². The van der Waals surface area contributed by atoms with E-state index in [9.17, 15) is 9.59 Å². The Hall–Kier alpha value is -3.03. The van der Waals surface area contributed by atoms with Crippen LogP contribution in [-0.4, -0.2) is 39.8 Å². The van der Waals surface area contributed by atoms with Crippen molar-refractivity contribution in [3.8, 4) is 0 Å². The first kappa shape index (κ1) is 18.3. The summed E-state index contributed by atoms with van der Waals surface area (Å²) < 4.78 is 5.10. The molecule has 0 aliphatic carbocycles. The lowest BCUT2D eigenvalue weighted by atomic mass is 10.2. The summed E-state index contributed by atoms with van der Waals surface area (Å²) in [6.07, 6.45) is 4.01. The van der Waals surface area contributed by atoms with Gasteiger partial charge in [0.15, 0.2) is 0 Å². The van der Waals surface area contributed by atoms with E-state index in [0.717, 1.165) is 11.1 Å². The second-order valence-corrected chi connectivity index (χ2v) is 6.37. The number of hydrogen-bond acceptors (Lipinski definition) is 6. The number of para-hydroxylation sites is 1. The van der Waals surface area contributed by atoms with Crippen LogP contribution in [0.15, 0.2) is 35.7 Å². The van der Waals surface area contributed by atoms with Gasteiger partial charge >= 0.3 is 6.09 Å². The van der Waals surface area contributed by atoms with E-state index in [1.165, 1.54) is 13.1 Å². The van der Waals surface area contributed by atoms with Gasteiger partial charge in [-0.15, -0.1) is 0 Å². The normalized spacial score (nSPS) is 12.8. The number of hydrazone groups is 1. The number of fused-ring (bicyclic) bond motifs is 1. The van der Waals surface area contributed by atoms with Crippen LogP contribution in [0.3, 0.4) is 0 Å². The van der Waals surface area contributed by atoms with Gasteiger partial charge in [-0.05, 0) is 33.8 Å². The molecule has 0 saturated heterocycles. The Morgan fingerprint density at radius 1 is 1.24 bits per heavy atom. The molecule has 2 amide bonds. The molecule has 0 unspecified atom stereocenters. The topological polar surface area (TPSA) is 106 Å². The fourth-order valence-electron chi connectivity index (χ4n) is 1.93. The SMILES string of the molecule is C[C@H](NC(=O)OC(C)(C)C)C(=O)N/N=C\c1cccc2nccnc12. The van der Waals surface area contributed by atoms with Crippen molar-refractivity contribution in [2.45, 2.75) is 39.3 Å². The van der Waals surface area contributed by atoms with Gasteiger partial charge in [-0.3, -0.25) is 14.8 Å². The van der Waals surface area contributed by atoms with Crippen molar-refractivity contribution in [1.29, 1.82) is 0 Å². The number of nitrogens with zero attached hydrogens (tertiary/aromatic N) is 3. The van der Waals surface area contributed by atoms with E-state index in [-0.39, 0.29) is 0 Å². The maximum absolute atomic E-state index is 12.0. The first-order valence-electron chi connectivity index (χ1n) is 7.78. The Labute approximate surface area is 145 Å². The van der Waals surface area contributed by atoms with Crippen LogP contribution >= 0.6 is 0 Å². The van der Waals surface area contributed by atoms with Crippen LogP contribution in [0.5, 0.6) is 0 Å². The summed E-state index contributed by atoms with van der Waals surface area (Å²) in [5.41, 5.74) is 3.88. The van der Waals surface area contributed by atoms with Crippen LogP contribution < -0.4 is 10.7 Å². The highest BCUT2D eigenvalue weighted by molar-refractivity contribution is 5.96. The van der Waals surface area contributed by atoms with Gasteiger partial charge in [0.1, 0.15) is 11.6 Å². The maximum Gasteiger partial charge on any atom is 0.408 e. The van der Waals surface area contributed by atoms with Crippen molar-refractivity contribution in [3.63, 3.8) is 0 Å². The fourth-order valence-corrected chi connectivity index (χ4v) is 1.93. The molecule has 0 radical (unpaired) electrons. The molecule has 0 fully saturated rings. The van der Waals surface area contributed by atoms with Crippen LogP contribution in [0.2, 0.25) is 0 Å². The molecule has 25 heavy (non-hydrogen) atoms. The Balaban J connectivity index is 1.94. The molecule has 0 aliphatic heterocycles. The minimum absolute atomic E-state index is 0.464. The number of amides is 2. The number of benzene rings is 1. The molecule has 2 rings (SSSR count). The van der Waals surface area contributed by atoms with Crippen LogP contribution in [-0.2, 0) is 9.53 Å². The Morgan fingerprint density at radius 3 is 2.68 bits per heavy atom. The summed E-state index contributed by atoms with van der Waals surface area (Å²) >= 11 is 0.